The molecule has 0 radical (unpaired) electrons. The molecule has 1 aromatic heterocycles. The van der Waals surface area contributed by atoms with Crippen LogP contribution in [0.3, 0.4) is 0 Å². The smallest absolute Gasteiger partial charge is 0.231 e. The highest BCUT2D eigenvalue weighted by atomic mass is 127. The van der Waals surface area contributed by atoms with E-state index < -0.39 is 0 Å². The van der Waals surface area contributed by atoms with Crippen LogP contribution >= 0.6 is 23.6 Å². The lowest BCUT2D eigenvalue weighted by atomic mass is 9.95. The van der Waals surface area contributed by atoms with E-state index in [2.05, 4.69) is 59.5 Å². The summed E-state index contributed by atoms with van der Waals surface area (Å²) in [6.45, 7) is 2.18. The van der Waals surface area contributed by atoms with Crippen molar-refractivity contribution in [1.29, 1.82) is 0 Å². The van der Waals surface area contributed by atoms with E-state index in [0.717, 1.165) is 17.0 Å². The summed E-state index contributed by atoms with van der Waals surface area (Å²) in [5.41, 5.74) is 4.53. The summed E-state index contributed by atoms with van der Waals surface area (Å²) in [7, 11) is 0. The van der Waals surface area contributed by atoms with Gasteiger partial charge in [0.15, 0.2) is 0 Å². The predicted molar refractivity (Wildman–Crippen MR) is 81.8 cm³/mol. The molecule has 3 rings (SSSR count). The average Bonchev–Trinajstić information content (AvgIpc) is 2.83. The third kappa shape index (κ3) is 2.66. The van der Waals surface area contributed by atoms with Gasteiger partial charge in [0.2, 0.25) is 16.7 Å². The molecule has 1 atom stereocenters. The van der Waals surface area contributed by atoms with E-state index in [1.807, 2.05) is 0 Å². The highest BCUT2D eigenvalue weighted by Gasteiger charge is 2.26. The summed E-state index contributed by atoms with van der Waals surface area (Å²) in [4.78, 5) is 1.05. The first-order valence-electron chi connectivity index (χ1n) is 6.12. The minimum absolute atomic E-state index is 0. The third-order valence-electron chi connectivity index (χ3n) is 3.30. The van der Waals surface area contributed by atoms with Gasteiger partial charge in [-0.15, -0.1) is 4.57 Å². The first-order valence-corrected chi connectivity index (χ1v) is 7.41. The molecule has 2 aromatic rings. The van der Waals surface area contributed by atoms with Gasteiger partial charge in [0.1, 0.15) is 4.70 Å². The van der Waals surface area contributed by atoms with Gasteiger partial charge in [0.05, 0.1) is 4.86 Å². The Bertz CT molecular complexity index is 670. The topological polar surface area (TPSA) is 3.88 Å². The largest absolute Gasteiger partial charge is 1.00 e. The molecule has 1 aromatic carbocycles. The van der Waals surface area contributed by atoms with E-state index in [0.29, 0.717) is 5.92 Å². The van der Waals surface area contributed by atoms with Gasteiger partial charge in [-0.2, -0.15) is 0 Å². The Morgan fingerprint density at radius 3 is 2.89 bits per heavy atom. The first kappa shape index (κ1) is 14.8. The maximum Gasteiger partial charge on any atom is 0.231 e. The normalized spacial score (nSPS) is 18.3. The molecular weight excluding hydrogens is 385 g/mol. The van der Waals surface area contributed by atoms with Gasteiger partial charge in [-0.25, -0.2) is 0 Å². The number of benzene rings is 1. The fourth-order valence-corrected chi connectivity index (χ4v) is 3.57. The molecule has 0 spiro atoms. The molecule has 98 valence electrons. The SMILES string of the molecule is CCC1C=CC=C([n+]2csc3ccccc32)C1=S.[I-]. The van der Waals surface area contributed by atoms with Crippen molar-refractivity contribution in [1.82, 2.24) is 0 Å². The zero-order chi connectivity index (χ0) is 12.5. The number of hydrogen-bond donors (Lipinski definition) is 0. The monoisotopic (exact) mass is 399 g/mol. The molecule has 4 heteroatoms. The lowest BCUT2D eigenvalue weighted by Crippen LogP contribution is -3.00. The van der Waals surface area contributed by atoms with E-state index in [9.17, 15) is 0 Å². The van der Waals surface area contributed by atoms with Gasteiger partial charge in [-0.1, -0.05) is 54.8 Å². The van der Waals surface area contributed by atoms with Crippen LogP contribution in [0.15, 0.2) is 48.0 Å². The summed E-state index contributed by atoms with van der Waals surface area (Å²) >= 11 is 7.38. The number of halogens is 1. The Labute approximate surface area is 139 Å². The standard InChI is InChI=1S/C15H14NS2.HI/c1-2-11-6-5-8-13(15(11)17)16-10-18-14-9-4-3-7-12(14)16;/h3-11H,2H2,1H3;1H/q+1;/p-1. The van der Waals surface area contributed by atoms with Gasteiger partial charge in [-0.05, 0) is 12.5 Å². The molecule has 1 aliphatic carbocycles. The average molecular weight is 399 g/mol. The Morgan fingerprint density at radius 2 is 2.11 bits per heavy atom. The quantitative estimate of drug-likeness (QED) is 0.414. The minimum Gasteiger partial charge on any atom is -1.00 e. The number of thiazole rings is 1. The summed E-state index contributed by atoms with van der Waals surface area (Å²) < 4.78 is 3.51. The lowest BCUT2D eigenvalue weighted by molar-refractivity contribution is -0.541. The number of rotatable bonds is 2. The molecule has 0 N–H and O–H groups in total. The van der Waals surface area contributed by atoms with Crippen LogP contribution in [0.25, 0.3) is 15.9 Å². The second-order valence-electron chi connectivity index (χ2n) is 4.38. The van der Waals surface area contributed by atoms with E-state index in [-0.39, 0.29) is 24.0 Å². The molecule has 1 aliphatic rings. The molecule has 1 unspecified atom stereocenters. The molecule has 0 saturated heterocycles. The number of aromatic nitrogens is 1. The van der Waals surface area contributed by atoms with Crippen molar-refractivity contribution in [2.45, 2.75) is 13.3 Å². The molecule has 0 amide bonds. The third-order valence-corrected chi connectivity index (χ3v) is 4.72. The van der Waals surface area contributed by atoms with Crippen LogP contribution < -0.4 is 28.5 Å². The minimum atomic E-state index is 0. The predicted octanol–water partition coefficient (Wildman–Crippen LogP) is 1.000. The van der Waals surface area contributed by atoms with E-state index >= 15 is 0 Å². The molecule has 1 nitrogen and oxygen atoms in total. The molecule has 0 fully saturated rings. The van der Waals surface area contributed by atoms with Crippen molar-refractivity contribution in [2.24, 2.45) is 5.92 Å². The zero-order valence-corrected chi connectivity index (χ0v) is 14.3. The molecule has 19 heavy (non-hydrogen) atoms. The number of hydrogen-bond acceptors (Lipinski definition) is 2. The Balaban J connectivity index is 0.00000133. The van der Waals surface area contributed by atoms with Crippen molar-refractivity contribution in [3.8, 4) is 0 Å². The van der Waals surface area contributed by atoms with Crippen LogP contribution in [-0.4, -0.2) is 4.86 Å². The maximum absolute atomic E-state index is 5.62. The van der Waals surface area contributed by atoms with Crippen LogP contribution in [0.1, 0.15) is 13.3 Å². The van der Waals surface area contributed by atoms with Crippen molar-refractivity contribution in [2.75, 3.05) is 0 Å². The summed E-state index contributed by atoms with van der Waals surface area (Å²) in [6, 6.07) is 8.45. The van der Waals surface area contributed by atoms with Gasteiger partial charge in [0.25, 0.3) is 0 Å². The van der Waals surface area contributed by atoms with Gasteiger partial charge >= 0.3 is 0 Å². The van der Waals surface area contributed by atoms with Crippen molar-refractivity contribution >= 4 is 44.3 Å². The Morgan fingerprint density at radius 1 is 1.32 bits per heavy atom. The number of thiocarbonyl (C=S) groups is 1. The molecule has 0 saturated carbocycles. The second kappa shape index (κ2) is 6.24. The Kier molecular flexibility index (Phi) is 4.86. The van der Waals surface area contributed by atoms with Gasteiger partial charge in [-0.3, -0.25) is 0 Å². The molecule has 1 heterocycles. The van der Waals surface area contributed by atoms with Crippen molar-refractivity contribution in [3.63, 3.8) is 0 Å². The fourth-order valence-electron chi connectivity index (χ4n) is 2.27. The van der Waals surface area contributed by atoms with E-state index in [1.165, 1.54) is 10.2 Å². The number of allylic oxidation sites excluding steroid dienone is 4. The summed E-state index contributed by atoms with van der Waals surface area (Å²) in [5.74, 6) is 0.395. The van der Waals surface area contributed by atoms with Gasteiger partial charge < -0.3 is 24.0 Å². The molecular formula is C15H14INS2. The molecule has 0 bridgehead atoms. The fraction of sp³-hybridized carbons (Fsp3) is 0.200. The molecule has 0 aliphatic heterocycles. The van der Waals surface area contributed by atoms with Crippen molar-refractivity contribution in [3.05, 3.63) is 48.0 Å². The second-order valence-corrected chi connectivity index (χ2v) is 5.70. The number of fused-ring (bicyclic) bond motifs is 1. The zero-order valence-electron chi connectivity index (χ0n) is 10.5. The van der Waals surface area contributed by atoms with E-state index in [1.54, 1.807) is 11.3 Å². The summed E-state index contributed by atoms with van der Waals surface area (Å²) in [5, 5.41) is 0. The van der Waals surface area contributed by atoms with Crippen LogP contribution in [0.5, 0.6) is 0 Å². The maximum atomic E-state index is 5.62. The summed E-state index contributed by atoms with van der Waals surface area (Å²) in [6.07, 6.45) is 7.50. The van der Waals surface area contributed by atoms with Gasteiger partial charge in [0, 0.05) is 18.1 Å². The highest BCUT2D eigenvalue weighted by molar-refractivity contribution is 7.81. The van der Waals surface area contributed by atoms with Crippen LogP contribution in [0.2, 0.25) is 0 Å². The highest BCUT2D eigenvalue weighted by Crippen LogP contribution is 2.23. The van der Waals surface area contributed by atoms with Crippen LogP contribution in [-0.2, 0) is 0 Å². The van der Waals surface area contributed by atoms with Crippen molar-refractivity contribution < 1.29 is 28.5 Å². The number of nitrogens with zero attached hydrogens (tertiary/aromatic N) is 1. The first-order chi connectivity index (χ1) is 8.81. The van der Waals surface area contributed by atoms with Crippen LogP contribution in [0.4, 0.5) is 0 Å². The number of para-hydroxylation sites is 1. The lowest BCUT2D eigenvalue weighted by Gasteiger charge is -2.13. The Hall–Kier alpha value is -0.590. The van der Waals surface area contributed by atoms with Crippen LogP contribution in [0, 0.1) is 5.92 Å². The van der Waals surface area contributed by atoms with E-state index in [4.69, 9.17) is 12.2 Å².